The van der Waals surface area contributed by atoms with Crippen LogP contribution in [0.25, 0.3) is 0 Å². The van der Waals surface area contributed by atoms with Crippen molar-refractivity contribution in [2.24, 2.45) is 0 Å². The van der Waals surface area contributed by atoms with E-state index in [2.05, 4.69) is 55.8 Å². The predicted octanol–water partition coefficient (Wildman–Crippen LogP) is 8.64. The molecular formula is C28H22ClI2N3O6. The average molecular weight is 786 g/mol. The van der Waals surface area contributed by atoms with E-state index in [9.17, 15) is 24.8 Å². The van der Waals surface area contributed by atoms with Gasteiger partial charge in [-0.25, -0.2) is 9.59 Å². The summed E-state index contributed by atoms with van der Waals surface area (Å²) in [5, 5.41) is 35.7. The first-order valence-electron chi connectivity index (χ1n) is 11.5. The molecule has 0 bridgehead atoms. The van der Waals surface area contributed by atoms with Crippen molar-refractivity contribution in [1.82, 2.24) is 0 Å². The Morgan fingerprint density at radius 1 is 0.725 bits per heavy atom. The van der Waals surface area contributed by atoms with Crippen LogP contribution >= 0.6 is 56.8 Å². The van der Waals surface area contributed by atoms with Gasteiger partial charge in [-0.2, -0.15) is 0 Å². The summed E-state index contributed by atoms with van der Waals surface area (Å²) >= 11 is 10.3. The zero-order valence-corrected chi connectivity index (χ0v) is 26.1. The van der Waals surface area contributed by atoms with Gasteiger partial charge in [-0.1, -0.05) is 11.6 Å². The van der Waals surface area contributed by atoms with Crippen LogP contribution in [0.3, 0.4) is 0 Å². The molecule has 0 aliphatic carbocycles. The van der Waals surface area contributed by atoms with E-state index < -0.39 is 16.9 Å². The highest BCUT2D eigenvalue weighted by atomic mass is 127. The molecule has 4 aromatic rings. The number of carboxylic acid groups (broad SMARTS) is 2. The van der Waals surface area contributed by atoms with Crippen molar-refractivity contribution in [3.8, 4) is 0 Å². The lowest BCUT2D eigenvalue weighted by molar-refractivity contribution is -0.384. The number of halogens is 3. The van der Waals surface area contributed by atoms with E-state index >= 15 is 0 Å². The fourth-order valence-corrected chi connectivity index (χ4v) is 5.03. The second-order valence-electron chi connectivity index (χ2n) is 8.46. The van der Waals surface area contributed by atoms with Crippen LogP contribution in [0.1, 0.15) is 31.8 Å². The van der Waals surface area contributed by atoms with Gasteiger partial charge in [-0.15, -0.1) is 0 Å². The van der Waals surface area contributed by atoms with Gasteiger partial charge in [0.05, 0.1) is 27.4 Å². The van der Waals surface area contributed by atoms with Crippen molar-refractivity contribution in [2.75, 3.05) is 10.6 Å². The number of nitro groups is 1. The molecule has 0 saturated heterocycles. The van der Waals surface area contributed by atoms with Crippen molar-refractivity contribution < 1.29 is 24.7 Å². The monoisotopic (exact) mass is 785 g/mol. The van der Waals surface area contributed by atoms with Crippen LogP contribution in [-0.2, 0) is 0 Å². The zero-order valence-electron chi connectivity index (χ0n) is 21.0. The predicted molar refractivity (Wildman–Crippen MR) is 173 cm³/mol. The largest absolute Gasteiger partial charge is 0.478 e. The SMILES string of the molecule is Cc1cc(I)ccc1Nc1cc(Cl)ccc1C(=O)O.Cc1cc(I)ccc1Nc1ccc([N+](=O)[O-])cc1C(=O)O. The average Bonchev–Trinajstić information content (AvgIpc) is 2.87. The van der Waals surface area contributed by atoms with Crippen molar-refractivity contribution >= 4 is 97.2 Å². The molecule has 0 atom stereocenters. The van der Waals surface area contributed by atoms with E-state index in [1.54, 1.807) is 12.1 Å². The maximum Gasteiger partial charge on any atom is 0.338 e. The van der Waals surface area contributed by atoms with Crippen LogP contribution in [0, 0.1) is 31.1 Å². The number of rotatable bonds is 7. The molecule has 0 unspecified atom stereocenters. The number of anilines is 4. The fraction of sp³-hybridized carbons (Fsp3) is 0.0714. The van der Waals surface area contributed by atoms with E-state index in [4.69, 9.17) is 16.7 Å². The number of nitro benzene ring substituents is 1. The molecule has 4 aromatic carbocycles. The molecule has 0 saturated carbocycles. The van der Waals surface area contributed by atoms with Gasteiger partial charge < -0.3 is 20.8 Å². The lowest BCUT2D eigenvalue weighted by atomic mass is 10.1. The lowest BCUT2D eigenvalue weighted by Gasteiger charge is -2.12. The molecule has 4 rings (SSSR count). The van der Waals surface area contributed by atoms with Gasteiger partial charge in [-0.3, -0.25) is 10.1 Å². The molecule has 4 N–H and O–H groups in total. The number of benzene rings is 4. The van der Waals surface area contributed by atoms with E-state index in [-0.39, 0.29) is 16.8 Å². The van der Waals surface area contributed by atoms with Crippen molar-refractivity contribution in [1.29, 1.82) is 0 Å². The van der Waals surface area contributed by atoms with Gasteiger partial charge in [0.25, 0.3) is 5.69 Å². The highest BCUT2D eigenvalue weighted by Crippen LogP contribution is 2.29. The van der Waals surface area contributed by atoms with Gasteiger partial charge in [0, 0.05) is 35.7 Å². The number of nitrogens with zero attached hydrogens (tertiary/aromatic N) is 1. The highest BCUT2D eigenvalue weighted by Gasteiger charge is 2.17. The Morgan fingerprint density at radius 3 is 1.70 bits per heavy atom. The smallest absolute Gasteiger partial charge is 0.338 e. The number of nitrogens with one attached hydrogen (secondary N) is 2. The molecule has 0 aliphatic heterocycles. The van der Waals surface area contributed by atoms with Crippen LogP contribution in [0.4, 0.5) is 28.4 Å². The van der Waals surface area contributed by atoms with Crippen molar-refractivity contribution in [3.63, 3.8) is 0 Å². The first-order valence-corrected chi connectivity index (χ1v) is 14.0. The van der Waals surface area contributed by atoms with Crippen LogP contribution in [0.15, 0.2) is 72.8 Å². The van der Waals surface area contributed by atoms with Crippen LogP contribution in [0.2, 0.25) is 5.02 Å². The molecule has 40 heavy (non-hydrogen) atoms. The Hall–Kier alpha value is -3.43. The lowest BCUT2D eigenvalue weighted by Crippen LogP contribution is -2.04. The standard InChI is InChI=1S/C14H11ClINO2.C14H11IN2O4/c1-8-6-10(16)3-5-12(8)17-13-7-9(15)2-4-11(13)14(18)19;1-8-6-9(15)2-4-12(8)16-13-5-3-10(17(20)21)7-11(13)14(18)19/h2-7,17H,1H3,(H,18,19);2-7,16H,1H3,(H,18,19). The summed E-state index contributed by atoms with van der Waals surface area (Å²) in [4.78, 5) is 32.5. The Bertz CT molecular complexity index is 1610. The summed E-state index contributed by atoms with van der Waals surface area (Å²) in [6, 6.07) is 20.0. The Morgan fingerprint density at radius 2 is 1.23 bits per heavy atom. The molecule has 206 valence electrons. The van der Waals surface area contributed by atoms with Crippen molar-refractivity contribution in [3.05, 3.63) is 117 Å². The molecule has 0 amide bonds. The number of non-ortho nitro benzene ring substituents is 1. The van der Waals surface area contributed by atoms with E-state index in [1.165, 1.54) is 18.2 Å². The summed E-state index contributed by atoms with van der Waals surface area (Å²) in [6.07, 6.45) is 0. The molecule has 0 spiro atoms. The molecule has 12 heteroatoms. The topological polar surface area (TPSA) is 142 Å². The van der Waals surface area contributed by atoms with E-state index in [1.807, 2.05) is 50.2 Å². The van der Waals surface area contributed by atoms with Gasteiger partial charge in [0.15, 0.2) is 0 Å². The Balaban J connectivity index is 0.000000222. The van der Waals surface area contributed by atoms with Gasteiger partial charge in [0.1, 0.15) is 0 Å². The molecule has 0 aliphatic rings. The minimum Gasteiger partial charge on any atom is -0.478 e. The van der Waals surface area contributed by atoms with Crippen LogP contribution in [-0.4, -0.2) is 27.1 Å². The number of hydrogen-bond donors (Lipinski definition) is 4. The third kappa shape index (κ3) is 8.29. The van der Waals surface area contributed by atoms with E-state index in [0.29, 0.717) is 16.4 Å². The summed E-state index contributed by atoms with van der Waals surface area (Å²) in [6.45, 7) is 3.87. The minimum absolute atomic E-state index is 0.137. The summed E-state index contributed by atoms with van der Waals surface area (Å²) in [5.74, 6) is -2.20. The van der Waals surface area contributed by atoms with Crippen LogP contribution in [0.5, 0.6) is 0 Å². The molecule has 0 aromatic heterocycles. The molecule has 9 nitrogen and oxygen atoms in total. The Kier molecular flexibility index (Phi) is 10.7. The van der Waals surface area contributed by atoms with Crippen molar-refractivity contribution in [2.45, 2.75) is 13.8 Å². The molecule has 0 radical (unpaired) electrons. The molecular weight excluding hydrogens is 764 g/mol. The first kappa shape index (κ1) is 31.1. The number of carboxylic acids is 2. The summed E-state index contributed by atoms with van der Waals surface area (Å²) < 4.78 is 2.20. The fourth-order valence-electron chi connectivity index (χ4n) is 3.56. The second-order valence-corrected chi connectivity index (χ2v) is 11.4. The maximum atomic E-state index is 11.3. The minimum atomic E-state index is -1.22. The third-order valence-electron chi connectivity index (χ3n) is 5.57. The maximum absolute atomic E-state index is 11.3. The third-order valence-corrected chi connectivity index (χ3v) is 7.15. The normalized spacial score (nSPS) is 10.2. The zero-order chi connectivity index (χ0) is 29.6. The summed E-state index contributed by atoms with van der Waals surface area (Å²) in [5.41, 5.74) is 4.24. The molecule has 0 heterocycles. The summed E-state index contributed by atoms with van der Waals surface area (Å²) in [7, 11) is 0. The van der Waals surface area contributed by atoms with Gasteiger partial charge in [0.2, 0.25) is 0 Å². The highest BCUT2D eigenvalue weighted by molar-refractivity contribution is 14.1. The van der Waals surface area contributed by atoms with E-state index in [0.717, 1.165) is 35.7 Å². The van der Waals surface area contributed by atoms with Gasteiger partial charge in [-0.05, 0) is 131 Å². The number of carbonyl (C=O) groups is 2. The molecule has 0 fully saturated rings. The van der Waals surface area contributed by atoms with Crippen LogP contribution < -0.4 is 10.6 Å². The first-order chi connectivity index (χ1) is 18.8. The second kappa shape index (κ2) is 13.8. The number of aromatic carboxylic acids is 2. The number of aryl methyl sites for hydroxylation is 2. The number of hydrogen-bond acceptors (Lipinski definition) is 6. The quantitative estimate of drug-likeness (QED) is 0.0829. The Labute approximate surface area is 262 Å². The van der Waals surface area contributed by atoms with Gasteiger partial charge >= 0.3 is 11.9 Å².